The second-order valence-electron chi connectivity index (χ2n) is 6.64. The van der Waals surface area contributed by atoms with Crippen molar-refractivity contribution in [2.24, 2.45) is 0 Å². The van der Waals surface area contributed by atoms with Crippen molar-refractivity contribution in [2.45, 2.75) is 30.2 Å². The molecule has 31 heavy (non-hydrogen) atoms. The highest BCUT2D eigenvalue weighted by atomic mass is 35.5. The van der Waals surface area contributed by atoms with Gasteiger partial charge in [-0.1, -0.05) is 30.3 Å². The standard InChI is InChI=1S/C21H18ClFN6OS/c1-3-13-11-19(29-20(25-13)24-12(2)28-29)31-16-7-4-14(5-8-16)26-21(30)27-15-6-9-18(23)17(22)10-15/h4-11H,3H2,1-2H3,(H2,26,27,30). The average molecular weight is 457 g/mol. The molecule has 2 aromatic heterocycles. The van der Waals surface area contributed by atoms with Crippen molar-refractivity contribution in [1.82, 2.24) is 19.6 Å². The number of hydrogen-bond acceptors (Lipinski definition) is 5. The Bertz CT molecular complexity index is 1260. The fourth-order valence-corrected chi connectivity index (χ4v) is 3.93. The lowest BCUT2D eigenvalue weighted by molar-refractivity contribution is 0.262. The highest BCUT2D eigenvalue weighted by Crippen LogP contribution is 2.29. The summed E-state index contributed by atoms with van der Waals surface area (Å²) in [7, 11) is 0. The van der Waals surface area contributed by atoms with E-state index in [0.717, 1.165) is 22.0 Å². The molecule has 10 heteroatoms. The van der Waals surface area contributed by atoms with Gasteiger partial charge >= 0.3 is 6.03 Å². The topological polar surface area (TPSA) is 84.2 Å². The van der Waals surface area contributed by atoms with Gasteiger partial charge in [0.1, 0.15) is 16.7 Å². The molecule has 0 unspecified atom stereocenters. The number of fused-ring (bicyclic) bond motifs is 1. The molecule has 2 aromatic carbocycles. The van der Waals surface area contributed by atoms with Gasteiger partial charge in [-0.3, -0.25) is 0 Å². The average Bonchev–Trinajstić information content (AvgIpc) is 3.12. The smallest absolute Gasteiger partial charge is 0.308 e. The molecule has 0 bridgehead atoms. The van der Waals surface area contributed by atoms with E-state index in [0.29, 0.717) is 23.0 Å². The first-order valence-corrected chi connectivity index (χ1v) is 10.6. The molecule has 0 atom stereocenters. The molecule has 4 rings (SSSR count). The van der Waals surface area contributed by atoms with E-state index in [9.17, 15) is 9.18 Å². The van der Waals surface area contributed by atoms with E-state index in [1.54, 1.807) is 16.6 Å². The van der Waals surface area contributed by atoms with Gasteiger partial charge in [0.15, 0.2) is 0 Å². The fraction of sp³-hybridized carbons (Fsp3) is 0.143. The van der Waals surface area contributed by atoms with Crippen LogP contribution >= 0.6 is 23.4 Å². The van der Waals surface area contributed by atoms with Crippen LogP contribution in [0, 0.1) is 12.7 Å². The lowest BCUT2D eigenvalue weighted by Crippen LogP contribution is -2.19. The van der Waals surface area contributed by atoms with Gasteiger partial charge in [0, 0.05) is 22.0 Å². The Labute approximate surface area is 187 Å². The zero-order valence-corrected chi connectivity index (χ0v) is 18.3. The number of urea groups is 1. The SMILES string of the molecule is CCc1cc(Sc2ccc(NC(=O)Nc3ccc(F)c(Cl)c3)cc2)n2nc(C)nc2n1. The minimum atomic E-state index is -0.542. The number of halogens is 2. The number of aromatic nitrogens is 4. The van der Waals surface area contributed by atoms with E-state index in [-0.39, 0.29) is 5.02 Å². The van der Waals surface area contributed by atoms with Crippen LogP contribution in [0.1, 0.15) is 18.4 Å². The number of hydrogen-bond donors (Lipinski definition) is 2. The first-order valence-electron chi connectivity index (χ1n) is 9.45. The van der Waals surface area contributed by atoms with E-state index in [4.69, 9.17) is 11.6 Å². The molecule has 0 saturated heterocycles. The van der Waals surface area contributed by atoms with Crippen LogP contribution in [0.5, 0.6) is 0 Å². The quantitative estimate of drug-likeness (QED) is 0.383. The summed E-state index contributed by atoms with van der Waals surface area (Å²) in [5, 5.41) is 10.6. The van der Waals surface area contributed by atoms with E-state index in [1.165, 1.54) is 30.0 Å². The fourth-order valence-electron chi connectivity index (χ4n) is 2.84. The van der Waals surface area contributed by atoms with Crippen molar-refractivity contribution in [2.75, 3.05) is 10.6 Å². The maximum absolute atomic E-state index is 13.2. The second kappa shape index (κ2) is 8.91. The highest BCUT2D eigenvalue weighted by molar-refractivity contribution is 7.99. The Morgan fingerprint density at radius 1 is 1.10 bits per heavy atom. The molecule has 0 aliphatic heterocycles. The molecule has 0 aliphatic rings. The van der Waals surface area contributed by atoms with Gasteiger partial charge in [0.05, 0.1) is 5.02 Å². The number of carbonyl (C=O) groups excluding carboxylic acids is 1. The maximum Gasteiger partial charge on any atom is 0.323 e. The van der Waals surface area contributed by atoms with Crippen molar-refractivity contribution < 1.29 is 9.18 Å². The Hall–Kier alpha value is -3.17. The highest BCUT2D eigenvalue weighted by Gasteiger charge is 2.11. The number of carbonyl (C=O) groups is 1. The number of anilines is 2. The lowest BCUT2D eigenvalue weighted by atomic mass is 10.3. The van der Waals surface area contributed by atoms with Crippen LogP contribution in [-0.2, 0) is 6.42 Å². The monoisotopic (exact) mass is 456 g/mol. The van der Waals surface area contributed by atoms with Crippen molar-refractivity contribution >= 4 is 46.5 Å². The molecule has 0 fully saturated rings. The Balaban J connectivity index is 1.45. The molecule has 0 spiro atoms. The Morgan fingerprint density at radius 3 is 2.52 bits per heavy atom. The number of amides is 2. The van der Waals surface area contributed by atoms with Gasteiger partial charge in [-0.05, 0) is 61.9 Å². The summed E-state index contributed by atoms with van der Waals surface area (Å²) in [5.74, 6) is 0.699. The van der Waals surface area contributed by atoms with Crippen LogP contribution < -0.4 is 10.6 Å². The minimum Gasteiger partial charge on any atom is -0.308 e. The second-order valence-corrected chi connectivity index (χ2v) is 8.15. The van der Waals surface area contributed by atoms with Gasteiger partial charge < -0.3 is 10.6 Å². The van der Waals surface area contributed by atoms with Gasteiger partial charge in [0.2, 0.25) is 0 Å². The summed E-state index contributed by atoms with van der Waals surface area (Å²) in [5.41, 5.74) is 1.95. The summed E-state index contributed by atoms with van der Waals surface area (Å²) < 4.78 is 15.0. The maximum atomic E-state index is 13.2. The molecule has 158 valence electrons. The number of aryl methyl sites for hydroxylation is 2. The lowest BCUT2D eigenvalue weighted by Gasteiger charge is -2.09. The molecule has 4 aromatic rings. The third-order valence-electron chi connectivity index (χ3n) is 4.31. The third-order valence-corrected chi connectivity index (χ3v) is 5.61. The van der Waals surface area contributed by atoms with Gasteiger partial charge in [0.25, 0.3) is 5.78 Å². The third kappa shape index (κ3) is 4.95. The molecule has 0 aliphatic carbocycles. The molecule has 0 saturated carbocycles. The molecule has 0 radical (unpaired) electrons. The zero-order chi connectivity index (χ0) is 22.0. The first kappa shape index (κ1) is 21.1. The molecule has 2 heterocycles. The van der Waals surface area contributed by atoms with E-state index in [1.807, 2.05) is 32.0 Å². The predicted molar refractivity (Wildman–Crippen MR) is 120 cm³/mol. The molecule has 7 nitrogen and oxygen atoms in total. The molecule has 2 amide bonds. The molecular weight excluding hydrogens is 439 g/mol. The Morgan fingerprint density at radius 2 is 1.81 bits per heavy atom. The molecule has 2 N–H and O–H groups in total. The van der Waals surface area contributed by atoms with Crippen LogP contribution in [-0.4, -0.2) is 25.6 Å². The number of nitrogens with zero attached hydrogens (tertiary/aromatic N) is 4. The van der Waals surface area contributed by atoms with Gasteiger partial charge in [-0.2, -0.15) is 9.50 Å². The van der Waals surface area contributed by atoms with Gasteiger partial charge in [-0.15, -0.1) is 5.10 Å². The molecular formula is C21H18ClFN6OS. The summed E-state index contributed by atoms with van der Waals surface area (Å²) in [6.07, 6.45) is 0.799. The van der Waals surface area contributed by atoms with Gasteiger partial charge in [-0.25, -0.2) is 14.2 Å². The normalized spacial score (nSPS) is 11.0. The first-order chi connectivity index (χ1) is 14.9. The number of rotatable bonds is 5. The largest absolute Gasteiger partial charge is 0.323 e. The van der Waals surface area contributed by atoms with Crippen LogP contribution in [0.25, 0.3) is 5.78 Å². The zero-order valence-electron chi connectivity index (χ0n) is 16.7. The van der Waals surface area contributed by atoms with Crippen LogP contribution in [0.2, 0.25) is 5.02 Å². The van der Waals surface area contributed by atoms with Crippen LogP contribution in [0.3, 0.4) is 0 Å². The van der Waals surface area contributed by atoms with Crippen molar-refractivity contribution in [1.29, 1.82) is 0 Å². The predicted octanol–water partition coefficient (Wildman–Crippen LogP) is 5.58. The van der Waals surface area contributed by atoms with E-state index < -0.39 is 11.8 Å². The summed E-state index contributed by atoms with van der Waals surface area (Å²) in [6.45, 7) is 3.88. The van der Waals surface area contributed by atoms with E-state index >= 15 is 0 Å². The van der Waals surface area contributed by atoms with Crippen molar-refractivity contribution in [3.05, 3.63) is 70.9 Å². The van der Waals surface area contributed by atoms with Crippen molar-refractivity contribution in [3.8, 4) is 0 Å². The number of nitrogens with one attached hydrogen (secondary N) is 2. The van der Waals surface area contributed by atoms with Crippen molar-refractivity contribution in [3.63, 3.8) is 0 Å². The summed E-state index contributed by atoms with van der Waals surface area (Å²) in [6, 6.07) is 12.9. The Kier molecular flexibility index (Phi) is 6.06. The minimum absolute atomic E-state index is 0.0572. The summed E-state index contributed by atoms with van der Waals surface area (Å²) in [4.78, 5) is 22.0. The van der Waals surface area contributed by atoms with Crippen LogP contribution in [0.4, 0.5) is 20.6 Å². The van der Waals surface area contributed by atoms with E-state index in [2.05, 4.69) is 25.7 Å². The van der Waals surface area contributed by atoms with Crippen LogP contribution in [0.15, 0.2) is 58.5 Å². The summed E-state index contributed by atoms with van der Waals surface area (Å²) >= 11 is 7.27. The number of benzene rings is 2.